The fourth-order valence-corrected chi connectivity index (χ4v) is 2.75. The van der Waals surface area contributed by atoms with Gasteiger partial charge in [0.1, 0.15) is 0 Å². The second-order valence-corrected chi connectivity index (χ2v) is 4.21. The lowest BCUT2D eigenvalue weighted by molar-refractivity contribution is 0.365. The highest BCUT2D eigenvalue weighted by Gasteiger charge is 2.20. The Hall–Kier alpha value is -1.18. The standard InChI is InChI=1S/C15H24O2/c1-6-10-11(7-2)13(9-4)15(17-5)14(16)12(10)8-3/h16H,6-9H2,1-5H3. The fourth-order valence-electron chi connectivity index (χ4n) is 2.75. The Bertz CT molecular complexity index is 361. The van der Waals surface area contributed by atoms with Crippen LogP contribution in [0.1, 0.15) is 49.9 Å². The molecular weight excluding hydrogens is 212 g/mol. The van der Waals surface area contributed by atoms with E-state index < -0.39 is 0 Å². The number of hydrogen-bond donors (Lipinski definition) is 1. The number of phenols is 1. The maximum atomic E-state index is 10.3. The molecule has 0 amide bonds. The molecule has 0 fully saturated rings. The third-order valence-electron chi connectivity index (χ3n) is 3.49. The van der Waals surface area contributed by atoms with Crippen LogP contribution in [0, 0.1) is 0 Å². The van der Waals surface area contributed by atoms with Crippen LogP contribution in [0.25, 0.3) is 0 Å². The minimum absolute atomic E-state index is 0.348. The first-order valence-corrected chi connectivity index (χ1v) is 6.58. The average Bonchev–Trinajstić information content (AvgIpc) is 2.36. The van der Waals surface area contributed by atoms with Gasteiger partial charge in [-0.3, -0.25) is 0 Å². The summed E-state index contributed by atoms with van der Waals surface area (Å²) in [6, 6.07) is 0. The Morgan fingerprint density at radius 1 is 0.765 bits per heavy atom. The van der Waals surface area contributed by atoms with Gasteiger partial charge in [-0.2, -0.15) is 0 Å². The molecule has 0 saturated heterocycles. The highest BCUT2D eigenvalue weighted by atomic mass is 16.5. The van der Waals surface area contributed by atoms with Gasteiger partial charge in [0.15, 0.2) is 11.5 Å². The van der Waals surface area contributed by atoms with Crippen LogP contribution >= 0.6 is 0 Å². The van der Waals surface area contributed by atoms with Crippen molar-refractivity contribution in [2.75, 3.05) is 7.11 Å². The van der Waals surface area contributed by atoms with Gasteiger partial charge < -0.3 is 9.84 Å². The molecule has 0 atom stereocenters. The average molecular weight is 236 g/mol. The predicted octanol–water partition coefficient (Wildman–Crippen LogP) is 3.65. The maximum Gasteiger partial charge on any atom is 0.164 e. The summed E-state index contributed by atoms with van der Waals surface area (Å²) in [6.07, 6.45) is 3.71. The number of ether oxygens (including phenoxy) is 1. The van der Waals surface area contributed by atoms with Crippen molar-refractivity contribution < 1.29 is 9.84 Å². The van der Waals surface area contributed by atoms with Crippen LogP contribution in [-0.2, 0) is 25.7 Å². The topological polar surface area (TPSA) is 29.5 Å². The van der Waals surface area contributed by atoms with Crippen LogP contribution in [0.3, 0.4) is 0 Å². The lowest BCUT2D eigenvalue weighted by Gasteiger charge is -2.21. The molecule has 0 saturated carbocycles. The summed E-state index contributed by atoms with van der Waals surface area (Å²) >= 11 is 0. The molecule has 0 aromatic heterocycles. The minimum Gasteiger partial charge on any atom is -0.504 e. The molecule has 2 heteroatoms. The zero-order valence-electron chi connectivity index (χ0n) is 11.7. The molecule has 1 aromatic carbocycles. The van der Waals surface area contributed by atoms with Crippen LogP contribution in [0.5, 0.6) is 11.5 Å². The van der Waals surface area contributed by atoms with E-state index in [0.29, 0.717) is 11.5 Å². The third kappa shape index (κ3) is 2.26. The Kier molecular flexibility index (Phi) is 4.86. The van der Waals surface area contributed by atoms with E-state index >= 15 is 0 Å². The van der Waals surface area contributed by atoms with Crippen molar-refractivity contribution in [1.82, 2.24) is 0 Å². The maximum absolute atomic E-state index is 10.3. The van der Waals surface area contributed by atoms with Gasteiger partial charge in [-0.05, 0) is 36.8 Å². The van der Waals surface area contributed by atoms with E-state index in [1.54, 1.807) is 7.11 Å². The monoisotopic (exact) mass is 236 g/mol. The molecular formula is C15H24O2. The molecule has 0 heterocycles. The van der Waals surface area contributed by atoms with E-state index in [9.17, 15) is 5.11 Å². The number of rotatable bonds is 5. The van der Waals surface area contributed by atoms with Gasteiger partial charge in [0.2, 0.25) is 0 Å². The second-order valence-electron chi connectivity index (χ2n) is 4.21. The summed E-state index contributed by atoms with van der Waals surface area (Å²) in [5.74, 6) is 1.03. The quantitative estimate of drug-likeness (QED) is 0.845. The van der Waals surface area contributed by atoms with E-state index in [0.717, 1.165) is 31.2 Å². The van der Waals surface area contributed by atoms with Gasteiger partial charge in [0.25, 0.3) is 0 Å². The first kappa shape index (κ1) is 13.9. The Morgan fingerprint density at radius 2 is 1.18 bits per heavy atom. The number of methoxy groups -OCH3 is 1. The smallest absolute Gasteiger partial charge is 0.164 e. The van der Waals surface area contributed by atoms with Crippen LogP contribution in [0.15, 0.2) is 0 Å². The number of aromatic hydroxyl groups is 1. The second kappa shape index (κ2) is 5.95. The molecule has 0 aliphatic heterocycles. The molecule has 0 unspecified atom stereocenters. The van der Waals surface area contributed by atoms with Gasteiger partial charge in [-0.1, -0.05) is 27.7 Å². The zero-order chi connectivity index (χ0) is 13.0. The van der Waals surface area contributed by atoms with Crippen LogP contribution < -0.4 is 4.74 Å². The van der Waals surface area contributed by atoms with E-state index in [4.69, 9.17) is 4.74 Å². The third-order valence-corrected chi connectivity index (χ3v) is 3.49. The molecule has 0 radical (unpaired) electrons. The number of hydrogen-bond acceptors (Lipinski definition) is 2. The van der Waals surface area contributed by atoms with Crippen molar-refractivity contribution >= 4 is 0 Å². The van der Waals surface area contributed by atoms with E-state index in [1.807, 2.05) is 0 Å². The van der Waals surface area contributed by atoms with E-state index in [2.05, 4.69) is 27.7 Å². The van der Waals surface area contributed by atoms with Crippen molar-refractivity contribution in [1.29, 1.82) is 0 Å². The Labute approximate surface area is 105 Å². The lowest BCUT2D eigenvalue weighted by atomic mass is 9.88. The Morgan fingerprint density at radius 3 is 1.53 bits per heavy atom. The molecule has 0 bridgehead atoms. The summed E-state index contributed by atoms with van der Waals surface area (Å²) < 4.78 is 5.40. The number of benzene rings is 1. The van der Waals surface area contributed by atoms with Gasteiger partial charge in [-0.25, -0.2) is 0 Å². The molecule has 96 valence electrons. The Balaban J connectivity index is 3.66. The van der Waals surface area contributed by atoms with Gasteiger partial charge in [0, 0.05) is 11.1 Å². The summed E-state index contributed by atoms with van der Waals surface area (Å²) in [6.45, 7) is 8.52. The molecule has 1 aromatic rings. The summed E-state index contributed by atoms with van der Waals surface area (Å²) in [4.78, 5) is 0. The molecule has 1 rings (SSSR count). The molecule has 2 nitrogen and oxygen atoms in total. The number of phenolic OH excluding ortho intramolecular Hbond substituents is 1. The van der Waals surface area contributed by atoms with Crippen LogP contribution in [0.2, 0.25) is 0 Å². The molecule has 0 aliphatic rings. The minimum atomic E-state index is 0.348. The van der Waals surface area contributed by atoms with Crippen molar-refractivity contribution in [3.8, 4) is 11.5 Å². The molecule has 0 spiro atoms. The van der Waals surface area contributed by atoms with Gasteiger partial charge >= 0.3 is 0 Å². The van der Waals surface area contributed by atoms with Crippen molar-refractivity contribution in [2.24, 2.45) is 0 Å². The van der Waals surface area contributed by atoms with Gasteiger partial charge in [-0.15, -0.1) is 0 Å². The largest absolute Gasteiger partial charge is 0.504 e. The van der Waals surface area contributed by atoms with Crippen molar-refractivity contribution in [3.05, 3.63) is 22.3 Å². The summed E-state index contributed by atoms with van der Waals surface area (Å²) in [7, 11) is 1.64. The van der Waals surface area contributed by atoms with Crippen LogP contribution in [-0.4, -0.2) is 12.2 Å². The SMILES string of the molecule is CCc1c(O)c(OC)c(CC)c(CC)c1CC. The lowest BCUT2D eigenvalue weighted by Crippen LogP contribution is -2.06. The van der Waals surface area contributed by atoms with Crippen molar-refractivity contribution in [2.45, 2.75) is 53.4 Å². The first-order valence-electron chi connectivity index (χ1n) is 6.58. The summed E-state index contributed by atoms with van der Waals surface area (Å²) in [5, 5.41) is 10.3. The molecule has 1 N–H and O–H groups in total. The zero-order valence-corrected chi connectivity index (χ0v) is 11.7. The normalized spacial score (nSPS) is 10.6. The van der Waals surface area contributed by atoms with Crippen molar-refractivity contribution in [3.63, 3.8) is 0 Å². The predicted molar refractivity (Wildman–Crippen MR) is 72.2 cm³/mol. The molecule has 17 heavy (non-hydrogen) atoms. The van der Waals surface area contributed by atoms with E-state index in [1.165, 1.54) is 16.7 Å². The highest BCUT2D eigenvalue weighted by molar-refractivity contribution is 5.59. The molecule has 0 aliphatic carbocycles. The fraction of sp³-hybridized carbons (Fsp3) is 0.600. The van der Waals surface area contributed by atoms with Crippen LogP contribution in [0.4, 0.5) is 0 Å². The van der Waals surface area contributed by atoms with Gasteiger partial charge in [0.05, 0.1) is 7.11 Å². The summed E-state index contributed by atoms with van der Waals surface area (Å²) in [5.41, 5.74) is 4.90. The van der Waals surface area contributed by atoms with E-state index in [-0.39, 0.29) is 0 Å². The highest BCUT2D eigenvalue weighted by Crippen LogP contribution is 2.40. The first-order chi connectivity index (χ1) is 8.15.